The number of nitrogens with one attached hydrogen (secondary N) is 1. The van der Waals surface area contributed by atoms with Crippen molar-refractivity contribution in [3.63, 3.8) is 0 Å². The maximum atomic E-state index is 12.2. The maximum Gasteiger partial charge on any atom is 0.339 e. The number of carbonyl (C=O) groups excluding carboxylic acids is 2. The highest BCUT2D eigenvalue weighted by Crippen LogP contribution is 2.19. The van der Waals surface area contributed by atoms with E-state index in [2.05, 4.69) is 15.0 Å². The minimum atomic E-state index is -0.518. The van der Waals surface area contributed by atoms with Crippen molar-refractivity contribution in [2.24, 2.45) is 0 Å². The van der Waals surface area contributed by atoms with Gasteiger partial charge in [0.2, 0.25) is 0 Å². The van der Waals surface area contributed by atoms with Crippen molar-refractivity contribution in [3.05, 3.63) is 53.9 Å². The molecule has 1 aromatic heterocycles. The van der Waals surface area contributed by atoms with E-state index in [9.17, 15) is 9.59 Å². The fourth-order valence-electron chi connectivity index (χ4n) is 1.77. The molecule has 0 aliphatic rings. The van der Waals surface area contributed by atoms with Crippen LogP contribution in [0.15, 0.2) is 42.7 Å². The highest BCUT2D eigenvalue weighted by molar-refractivity contribution is 6.06. The van der Waals surface area contributed by atoms with E-state index in [1.807, 2.05) is 0 Å². The van der Waals surface area contributed by atoms with Gasteiger partial charge in [-0.15, -0.1) is 0 Å². The van der Waals surface area contributed by atoms with Crippen LogP contribution in [-0.4, -0.2) is 31.1 Å². The summed E-state index contributed by atoms with van der Waals surface area (Å²) in [6.45, 7) is 0. The Kier molecular flexibility index (Phi) is 4.50. The molecule has 0 spiro atoms. The van der Waals surface area contributed by atoms with E-state index in [4.69, 9.17) is 4.74 Å². The summed E-state index contributed by atoms with van der Waals surface area (Å²) >= 11 is 0. The molecular weight excluding hydrogens is 272 g/mol. The lowest BCUT2D eigenvalue weighted by Crippen LogP contribution is -2.14. The van der Waals surface area contributed by atoms with Gasteiger partial charge in [-0.05, 0) is 18.2 Å². The van der Waals surface area contributed by atoms with Crippen molar-refractivity contribution in [2.75, 3.05) is 19.5 Å². The van der Waals surface area contributed by atoms with Gasteiger partial charge in [0.05, 0.1) is 37.2 Å². The van der Waals surface area contributed by atoms with Crippen LogP contribution in [0.1, 0.15) is 20.7 Å². The number of ether oxygens (including phenoxy) is 2. The Labute approximate surface area is 121 Å². The standard InChI is InChI=1S/C15H14N2O4/c1-20-13-6-4-3-5-12(13)14(18)17-11-7-10(8-16-9-11)15(19)21-2/h3-9H,1-2H3,(H,17,18). The molecule has 21 heavy (non-hydrogen) atoms. The highest BCUT2D eigenvalue weighted by atomic mass is 16.5. The predicted molar refractivity (Wildman–Crippen MR) is 76.5 cm³/mol. The van der Waals surface area contributed by atoms with E-state index in [0.717, 1.165) is 0 Å². The molecule has 2 aromatic rings. The molecule has 0 fully saturated rings. The zero-order chi connectivity index (χ0) is 15.2. The molecule has 1 amide bonds. The molecule has 1 heterocycles. The van der Waals surface area contributed by atoms with Crippen molar-refractivity contribution < 1.29 is 19.1 Å². The van der Waals surface area contributed by atoms with Crippen molar-refractivity contribution in [1.29, 1.82) is 0 Å². The van der Waals surface area contributed by atoms with E-state index in [1.54, 1.807) is 24.3 Å². The third-order valence-corrected chi connectivity index (χ3v) is 2.77. The first-order chi connectivity index (χ1) is 10.2. The first-order valence-corrected chi connectivity index (χ1v) is 6.13. The van der Waals surface area contributed by atoms with Gasteiger partial charge in [0.1, 0.15) is 5.75 Å². The summed E-state index contributed by atoms with van der Waals surface area (Å²) in [5, 5.41) is 2.66. The normalized spacial score (nSPS) is 9.81. The van der Waals surface area contributed by atoms with Gasteiger partial charge in [0.25, 0.3) is 5.91 Å². The van der Waals surface area contributed by atoms with Crippen molar-refractivity contribution in [3.8, 4) is 5.75 Å². The van der Waals surface area contributed by atoms with Crippen molar-refractivity contribution >= 4 is 17.6 Å². The molecular formula is C15H14N2O4. The Hall–Kier alpha value is -2.89. The van der Waals surface area contributed by atoms with Crippen LogP contribution < -0.4 is 10.1 Å². The number of hydrogen-bond donors (Lipinski definition) is 1. The van der Waals surface area contributed by atoms with Crippen molar-refractivity contribution in [2.45, 2.75) is 0 Å². The summed E-state index contributed by atoms with van der Waals surface area (Å²) in [5.41, 5.74) is 1.05. The first-order valence-electron chi connectivity index (χ1n) is 6.13. The van der Waals surface area contributed by atoms with E-state index >= 15 is 0 Å². The molecule has 6 nitrogen and oxygen atoms in total. The molecule has 0 aliphatic heterocycles. The van der Waals surface area contributed by atoms with Crippen LogP contribution in [0.2, 0.25) is 0 Å². The van der Waals surface area contributed by atoms with E-state index in [-0.39, 0.29) is 11.5 Å². The second-order valence-corrected chi connectivity index (χ2v) is 4.11. The van der Waals surface area contributed by atoms with Gasteiger partial charge in [-0.1, -0.05) is 12.1 Å². The smallest absolute Gasteiger partial charge is 0.339 e. The Bertz CT molecular complexity index is 670. The van der Waals surface area contributed by atoms with Gasteiger partial charge in [0.15, 0.2) is 0 Å². The first kappa shape index (κ1) is 14.5. The summed E-state index contributed by atoms with van der Waals surface area (Å²) in [6, 6.07) is 8.34. The van der Waals surface area contributed by atoms with Crippen LogP contribution in [0.5, 0.6) is 5.75 Å². The lowest BCUT2D eigenvalue weighted by molar-refractivity contribution is 0.0600. The third kappa shape index (κ3) is 3.36. The molecule has 0 bridgehead atoms. The predicted octanol–water partition coefficient (Wildman–Crippen LogP) is 2.13. The average molecular weight is 286 g/mol. The second kappa shape index (κ2) is 6.51. The van der Waals surface area contributed by atoms with Gasteiger partial charge in [-0.3, -0.25) is 9.78 Å². The number of rotatable bonds is 4. The number of amides is 1. The Morgan fingerprint density at radius 1 is 1.14 bits per heavy atom. The second-order valence-electron chi connectivity index (χ2n) is 4.11. The van der Waals surface area contributed by atoms with Gasteiger partial charge >= 0.3 is 5.97 Å². The number of methoxy groups -OCH3 is 2. The van der Waals surface area contributed by atoms with E-state index < -0.39 is 5.97 Å². The number of aromatic nitrogens is 1. The number of esters is 1. The van der Waals surface area contributed by atoms with E-state index in [0.29, 0.717) is 17.0 Å². The molecule has 1 aromatic carbocycles. The Morgan fingerprint density at radius 3 is 2.62 bits per heavy atom. The zero-order valence-electron chi connectivity index (χ0n) is 11.6. The summed E-state index contributed by atoms with van der Waals surface area (Å²) in [4.78, 5) is 27.5. The number of nitrogens with zero attached hydrogens (tertiary/aromatic N) is 1. The van der Waals surface area contributed by atoms with Crippen LogP contribution in [0.4, 0.5) is 5.69 Å². The van der Waals surface area contributed by atoms with Crippen LogP contribution >= 0.6 is 0 Å². The molecule has 2 rings (SSSR count). The summed E-state index contributed by atoms with van der Waals surface area (Å²) in [6.07, 6.45) is 2.81. The zero-order valence-corrected chi connectivity index (χ0v) is 11.6. The lowest BCUT2D eigenvalue weighted by Gasteiger charge is -2.09. The number of benzene rings is 1. The molecule has 0 unspecified atom stereocenters. The molecule has 1 N–H and O–H groups in total. The van der Waals surface area contributed by atoms with Gasteiger partial charge in [-0.25, -0.2) is 4.79 Å². The molecule has 6 heteroatoms. The minimum Gasteiger partial charge on any atom is -0.496 e. The SMILES string of the molecule is COC(=O)c1cncc(NC(=O)c2ccccc2OC)c1. The maximum absolute atomic E-state index is 12.2. The Morgan fingerprint density at radius 2 is 1.90 bits per heavy atom. The molecule has 0 saturated heterocycles. The largest absolute Gasteiger partial charge is 0.496 e. The number of hydrogen-bond acceptors (Lipinski definition) is 5. The summed E-state index contributed by atoms with van der Waals surface area (Å²) in [7, 11) is 2.77. The fourth-order valence-corrected chi connectivity index (χ4v) is 1.77. The molecule has 0 saturated carbocycles. The highest BCUT2D eigenvalue weighted by Gasteiger charge is 2.13. The van der Waals surface area contributed by atoms with Crippen LogP contribution in [0, 0.1) is 0 Å². The minimum absolute atomic E-state index is 0.260. The molecule has 0 atom stereocenters. The van der Waals surface area contributed by atoms with Gasteiger partial charge in [0, 0.05) is 6.20 Å². The van der Waals surface area contributed by atoms with Gasteiger partial charge < -0.3 is 14.8 Å². The van der Waals surface area contributed by atoms with Crippen LogP contribution in [0.25, 0.3) is 0 Å². The number of pyridine rings is 1. The van der Waals surface area contributed by atoms with Crippen LogP contribution in [-0.2, 0) is 4.74 Å². The Balaban J connectivity index is 2.22. The van der Waals surface area contributed by atoms with E-state index in [1.165, 1.54) is 32.7 Å². The molecule has 0 aliphatic carbocycles. The third-order valence-electron chi connectivity index (χ3n) is 2.77. The molecule has 108 valence electrons. The lowest BCUT2D eigenvalue weighted by atomic mass is 10.2. The summed E-state index contributed by atoms with van der Waals surface area (Å²) < 4.78 is 9.74. The number of para-hydroxylation sites is 1. The van der Waals surface area contributed by atoms with Gasteiger partial charge in [-0.2, -0.15) is 0 Å². The number of carbonyl (C=O) groups is 2. The summed E-state index contributed by atoms with van der Waals surface area (Å²) in [5.74, 6) is -0.403. The quantitative estimate of drug-likeness (QED) is 0.871. The fraction of sp³-hybridized carbons (Fsp3) is 0.133. The van der Waals surface area contributed by atoms with Crippen molar-refractivity contribution in [1.82, 2.24) is 4.98 Å². The van der Waals surface area contributed by atoms with Crippen LogP contribution in [0.3, 0.4) is 0 Å². The average Bonchev–Trinajstić information content (AvgIpc) is 2.54. The molecule has 0 radical (unpaired) electrons. The topological polar surface area (TPSA) is 77.5 Å². The monoisotopic (exact) mass is 286 g/mol. The number of anilines is 1.